The van der Waals surface area contributed by atoms with Gasteiger partial charge >= 0.3 is 5.97 Å². The fraction of sp³-hybridized carbons (Fsp3) is 0.438. The summed E-state index contributed by atoms with van der Waals surface area (Å²) in [5.74, 6) is -1.43. The summed E-state index contributed by atoms with van der Waals surface area (Å²) in [7, 11) is 0. The summed E-state index contributed by atoms with van der Waals surface area (Å²) in [4.78, 5) is 35.7. The van der Waals surface area contributed by atoms with Gasteiger partial charge in [0.25, 0.3) is 5.91 Å². The predicted octanol–water partition coefficient (Wildman–Crippen LogP) is 1.29. The lowest BCUT2D eigenvalue weighted by Gasteiger charge is -2.28. The Morgan fingerprint density at radius 3 is 2.70 bits per heavy atom. The van der Waals surface area contributed by atoms with Gasteiger partial charge in [-0.2, -0.15) is 0 Å². The smallest absolute Gasteiger partial charge is 0.329 e. The van der Waals surface area contributed by atoms with Crippen LogP contribution in [0.15, 0.2) is 24.3 Å². The van der Waals surface area contributed by atoms with Gasteiger partial charge in [-0.05, 0) is 25.0 Å². The number of carbonyl (C=O) groups is 3. The van der Waals surface area contributed by atoms with E-state index in [2.05, 4.69) is 10.6 Å². The lowest BCUT2D eigenvalue weighted by molar-refractivity contribution is -0.147. The van der Waals surface area contributed by atoms with Crippen LogP contribution in [0, 0.1) is 0 Å². The third-order valence-corrected chi connectivity index (χ3v) is 4.32. The molecule has 1 aromatic carbocycles. The van der Waals surface area contributed by atoms with Crippen LogP contribution in [0.5, 0.6) is 5.75 Å². The number of para-hydroxylation sites is 2. The molecule has 122 valence electrons. The van der Waals surface area contributed by atoms with E-state index in [-0.39, 0.29) is 6.42 Å². The minimum absolute atomic E-state index is 0.213. The van der Waals surface area contributed by atoms with Gasteiger partial charge in [0.05, 0.1) is 12.1 Å². The molecule has 2 aliphatic rings. The first-order valence-corrected chi connectivity index (χ1v) is 7.61. The van der Waals surface area contributed by atoms with E-state index in [9.17, 15) is 19.5 Å². The minimum atomic E-state index is -1.21. The average molecular weight is 318 g/mol. The molecule has 3 rings (SSSR count). The zero-order valence-electron chi connectivity index (χ0n) is 12.5. The van der Waals surface area contributed by atoms with E-state index in [1.54, 1.807) is 24.3 Å². The third kappa shape index (κ3) is 2.99. The van der Waals surface area contributed by atoms with Crippen molar-refractivity contribution >= 4 is 23.5 Å². The summed E-state index contributed by atoms with van der Waals surface area (Å²) in [6, 6.07) is 6.95. The van der Waals surface area contributed by atoms with Gasteiger partial charge in [0.2, 0.25) is 5.91 Å². The van der Waals surface area contributed by atoms with E-state index in [1.165, 1.54) is 0 Å². The third-order valence-electron chi connectivity index (χ3n) is 4.32. The van der Waals surface area contributed by atoms with Gasteiger partial charge in [-0.25, -0.2) is 4.79 Å². The van der Waals surface area contributed by atoms with Crippen molar-refractivity contribution in [1.82, 2.24) is 5.32 Å². The Balaban J connectivity index is 1.66. The number of aliphatic carboxylic acids is 1. The molecule has 3 N–H and O–H groups in total. The van der Waals surface area contributed by atoms with E-state index in [4.69, 9.17) is 4.74 Å². The molecule has 1 heterocycles. The quantitative estimate of drug-likeness (QED) is 0.776. The van der Waals surface area contributed by atoms with Crippen molar-refractivity contribution in [2.24, 2.45) is 0 Å². The molecule has 0 bridgehead atoms. The van der Waals surface area contributed by atoms with Gasteiger partial charge in [0.1, 0.15) is 11.3 Å². The number of hydrogen-bond donors (Lipinski definition) is 3. The summed E-state index contributed by atoms with van der Waals surface area (Å²) in [6.07, 6.45) is 1.18. The van der Waals surface area contributed by atoms with E-state index in [1.807, 2.05) is 0 Å². The fourth-order valence-corrected chi connectivity index (χ4v) is 3.08. The second kappa shape index (κ2) is 5.91. The molecular formula is C16H18N2O5. The molecule has 0 saturated heterocycles. The lowest BCUT2D eigenvalue weighted by atomic mass is 9.97. The Morgan fingerprint density at radius 1 is 1.30 bits per heavy atom. The Hall–Kier alpha value is -2.57. The molecule has 7 heteroatoms. The molecular weight excluding hydrogens is 300 g/mol. The number of carbonyl (C=O) groups excluding carboxylic acids is 2. The van der Waals surface area contributed by atoms with Crippen molar-refractivity contribution in [1.29, 1.82) is 0 Å². The highest BCUT2D eigenvalue weighted by Crippen LogP contribution is 2.31. The van der Waals surface area contributed by atoms with Crippen LogP contribution >= 0.6 is 0 Å². The molecule has 0 spiro atoms. The van der Waals surface area contributed by atoms with Gasteiger partial charge in [-0.1, -0.05) is 25.0 Å². The monoisotopic (exact) mass is 318 g/mol. The second-order valence-corrected chi connectivity index (χ2v) is 5.94. The zero-order chi connectivity index (χ0) is 16.4. The van der Waals surface area contributed by atoms with Crippen LogP contribution in [0.1, 0.15) is 32.1 Å². The highest BCUT2D eigenvalue weighted by atomic mass is 16.5. The van der Waals surface area contributed by atoms with Crippen LogP contribution in [0.4, 0.5) is 5.69 Å². The standard InChI is InChI=1S/C16H18N2O5/c19-13(18-16(15(21)22)7-3-4-8-16)9-12-14(20)17-10-5-1-2-6-11(10)23-12/h1-2,5-6,12H,3-4,7-9H2,(H,17,20)(H,18,19)(H,21,22). The van der Waals surface area contributed by atoms with Crippen LogP contribution in [0.2, 0.25) is 0 Å². The molecule has 0 radical (unpaired) electrons. The van der Waals surface area contributed by atoms with Crippen molar-refractivity contribution in [3.63, 3.8) is 0 Å². The van der Waals surface area contributed by atoms with Gasteiger partial charge in [-0.3, -0.25) is 9.59 Å². The summed E-state index contributed by atoms with van der Waals surface area (Å²) in [5, 5.41) is 14.6. The molecule has 1 aromatic rings. The SMILES string of the molecule is O=C(CC1Oc2ccccc2NC1=O)NC1(C(=O)O)CCCC1. The summed E-state index contributed by atoms with van der Waals surface area (Å²) in [6.45, 7) is 0. The Bertz CT molecular complexity index is 652. The van der Waals surface area contributed by atoms with Crippen LogP contribution in [-0.2, 0) is 14.4 Å². The number of hydrogen-bond acceptors (Lipinski definition) is 4. The van der Waals surface area contributed by atoms with Crippen molar-refractivity contribution in [3.8, 4) is 5.75 Å². The minimum Gasteiger partial charge on any atom is -0.480 e. The van der Waals surface area contributed by atoms with Crippen LogP contribution in [0.25, 0.3) is 0 Å². The number of fused-ring (bicyclic) bond motifs is 1. The first-order chi connectivity index (χ1) is 11.0. The van der Waals surface area contributed by atoms with Crippen molar-refractivity contribution in [2.45, 2.75) is 43.7 Å². The van der Waals surface area contributed by atoms with Crippen LogP contribution < -0.4 is 15.4 Å². The van der Waals surface area contributed by atoms with Crippen LogP contribution in [-0.4, -0.2) is 34.5 Å². The Labute approximate surface area is 133 Å². The number of benzene rings is 1. The Kier molecular flexibility index (Phi) is 3.94. The number of rotatable bonds is 4. The molecule has 23 heavy (non-hydrogen) atoms. The summed E-state index contributed by atoms with van der Waals surface area (Å²) in [5.41, 5.74) is -0.646. The van der Waals surface area contributed by atoms with E-state index < -0.39 is 29.4 Å². The van der Waals surface area contributed by atoms with Gasteiger partial charge in [-0.15, -0.1) is 0 Å². The molecule has 1 saturated carbocycles. The topological polar surface area (TPSA) is 105 Å². The molecule has 1 aliphatic heterocycles. The van der Waals surface area contributed by atoms with Gasteiger partial charge in [0, 0.05) is 0 Å². The lowest BCUT2D eigenvalue weighted by Crippen LogP contribution is -2.54. The maximum Gasteiger partial charge on any atom is 0.329 e. The first-order valence-electron chi connectivity index (χ1n) is 7.61. The molecule has 1 unspecified atom stereocenters. The molecule has 1 fully saturated rings. The number of nitrogens with one attached hydrogen (secondary N) is 2. The van der Waals surface area contributed by atoms with Crippen molar-refractivity contribution in [3.05, 3.63) is 24.3 Å². The number of anilines is 1. The summed E-state index contributed by atoms with van der Waals surface area (Å²) < 4.78 is 5.55. The molecule has 2 amide bonds. The van der Waals surface area contributed by atoms with Gasteiger partial charge in [0.15, 0.2) is 6.10 Å². The normalized spacial score (nSPS) is 21.7. The second-order valence-electron chi connectivity index (χ2n) is 5.94. The van der Waals surface area contributed by atoms with E-state index in [0.29, 0.717) is 24.3 Å². The number of amides is 2. The molecule has 1 aliphatic carbocycles. The summed E-state index contributed by atoms with van der Waals surface area (Å²) >= 11 is 0. The first kappa shape index (κ1) is 15.3. The fourth-order valence-electron chi connectivity index (χ4n) is 3.08. The number of ether oxygens (including phenoxy) is 1. The van der Waals surface area contributed by atoms with E-state index >= 15 is 0 Å². The van der Waals surface area contributed by atoms with Crippen molar-refractivity contribution < 1.29 is 24.2 Å². The van der Waals surface area contributed by atoms with Crippen LogP contribution in [0.3, 0.4) is 0 Å². The van der Waals surface area contributed by atoms with E-state index in [0.717, 1.165) is 12.8 Å². The Morgan fingerprint density at radius 2 is 2.00 bits per heavy atom. The molecule has 0 aromatic heterocycles. The molecule has 1 atom stereocenters. The number of carboxylic acid groups (broad SMARTS) is 1. The molecule has 7 nitrogen and oxygen atoms in total. The maximum atomic E-state index is 12.2. The highest BCUT2D eigenvalue weighted by molar-refractivity contribution is 6.00. The maximum absolute atomic E-state index is 12.2. The predicted molar refractivity (Wildman–Crippen MR) is 81.1 cm³/mol. The van der Waals surface area contributed by atoms with Gasteiger partial charge < -0.3 is 20.5 Å². The zero-order valence-corrected chi connectivity index (χ0v) is 12.5. The largest absolute Gasteiger partial charge is 0.480 e. The highest BCUT2D eigenvalue weighted by Gasteiger charge is 2.43. The number of carboxylic acids is 1. The average Bonchev–Trinajstić information content (AvgIpc) is 2.98. The van der Waals surface area contributed by atoms with Crippen molar-refractivity contribution in [2.75, 3.05) is 5.32 Å².